The number of nitrogens with two attached hydrogens (primary N) is 1. The highest BCUT2D eigenvalue weighted by Crippen LogP contribution is 2.25. The molecule has 5 heteroatoms. The van der Waals surface area contributed by atoms with E-state index >= 15 is 0 Å². The molecule has 2 atom stereocenters. The molecule has 2 amide bonds. The van der Waals surface area contributed by atoms with Crippen molar-refractivity contribution in [1.29, 1.82) is 0 Å². The second-order valence-electron chi connectivity index (χ2n) is 5.17. The Labute approximate surface area is 118 Å². The van der Waals surface area contributed by atoms with Gasteiger partial charge in [0.15, 0.2) is 0 Å². The van der Waals surface area contributed by atoms with Gasteiger partial charge in [0.1, 0.15) is 0 Å². The van der Waals surface area contributed by atoms with Crippen LogP contribution in [-0.4, -0.2) is 17.9 Å². The molecule has 0 radical (unpaired) electrons. The Balaban J connectivity index is 1.93. The van der Waals surface area contributed by atoms with Crippen LogP contribution >= 0.6 is 0 Å². The SMILES string of the molecule is CCC(=O)Nc1ccc(NC(=O)C2CCCC2N)cc1. The van der Waals surface area contributed by atoms with Crippen molar-refractivity contribution in [3.8, 4) is 0 Å². The molecule has 2 rings (SSSR count). The lowest BCUT2D eigenvalue weighted by Crippen LogP contribution is -2.34. The van der Waals surface area contributed by atoms with Crippen LogP contribution in [0.2, 0.25) is 0 Å². The van der Waals surface area contributed by atoms with Crippen molar-refractivity contribution in [3.05, 3.63) is 24.3 Å². The Bertz CT molecular complexity index is 484. The van der Waals surface area contributed by atoms with Crippen molar-refractivity contribution in [2.75, 3.05) is 10.6 Å². The summed E-state index contributed by atoms with van der Waals surface area (Å²) in [5.74, 6) is -0.131. The van der Waals surface area contributed by atoms with Crippen molar-refractivity contribution < 1.29 is 9.59 Å². The van der Waals surface area contributed by atoms with Crippen LogP contribution in [-0.2, 0) is 9.59 Å². The molecule has 1 aliphatic rings. The summed E-state index contributed by atoms with van der Waals surface area (Å²) in [6.45, 7) is 1.80. The van der Waals surface area contributed by atoms with E-state index in [1.807, 2.05) is 0 Å². The molecule has 5 nitrogen and oxygen atoms in total. The average molecular weight is 275 g/mol. The third-order valence-electron chi connectivity index (χ3n) is 3.66. The van der Waals surface area contributed by atoms with Crippen LogP contribution in [0, 0.1) is 5.92 Å². The summed E-state index contributed by atoms with van der Waals surface area (Å²) in [6, 6.07) is 7.08. The second-order valence-corrected chi connectivity index (χ2v) is 5.17. The number of hydrogen-bond donors (Lipinski definition) is 3. The fourth-order valence-corrected chi connectivity index (χ4v) is 2.44. The highest BCUT2D eigenvalue weighted by atomic mass is 16.2. The van der Waals surface area contributed by atoms with Gasteiger partial charge in [0, 0.05) is 23.8 Å². The zero-order chi connectivity index (χ0) is 14.5. The number of benzene rings is 1. The molecule has 1 saturated carbocycles. The first-order chi connectivity index (χ1) is 9.60. The van der Waals surface area contributed by atoms with E-state index in [1.165, 1.54) is 0 Å². The molecule has 2 unspecified atom stereocenters. The Hall–Kier alpha value is -1.88. The maximum absolute atomic E-state index is 12.1. The van der Waals surface area contributed by atoms with E-state index in [9.17, 15) is 9.59 Å². The standard InChI is InChI=1S/C15H21N3O2/c1-2-14(19)17-10-6-8-11(9-7-10)18-15(20)12-4-3-5-13(12)16/h6-9,12-13H,2-5,16H2,1H3,(H,17,19)(H,18,20). The summed E-state index contributed by atoms with van der Waals surface area (Å²) in [5.41, 5.74) is 7.37. The number of carbonyl (C=O) groups excluding carboxylic acids is 2. The van der Waals surface area contributed by atoms with E-state index in [2.05, 4.69) is 10.6 Å². The molecule has 108 valence electrons. The quantitative estimate of drug-likeness (QED) is 0.786. The molecular formula is C15H21N3O2. The average Bonchev–Trinajstić information content (AvgIpc) is 2.87. The van der Waals surface area contributed by atoms with Crippen LogP contribution < -0.4 is 16.4 Å². The smallest absolute Gasteiger partial charge is 0.229 e. The normalized spacial score (nSPS) is 21.5. The summed E-state index contributed by atoms with van der Waals surface area (Å²) in [6.07, 6.45) is 3.23. The second kappa shape index (κ2) is 6.52. The predicted molar refractivity (Wildman–Crippen MR) is 79.3 cm³/mol. The molecule has 0 aromatic heterocycles. The number of nitrogens with one attached hydrogen (secondary N) is 2. The summed E-state index contributed by atoms with van der Waals surface area (Å²) in [5, 5.41) is 5.64. The van der Waals surface area contributed by atoms with Gasteiger partial charge in [-0.3, -0.25) is 9.59 Å². The Kier molecular flexibility index (Phi) is 4.74. The molecule has 0 saturated heterocycles. The van der Waals surface area contributed by atoms with Crippen molar-refractivity contribution in [2.45, 2.75) is 38.6 Å². The molecule has 0 bridgehead atoms. The van der Waals surface area contributed by atoms with Gasteiger partial charge in [-0.05, 0) is 37.1 Å². The number of rotatable bonds is 4. The van der Waals surface area contributed by atoms with E-state index in [0.717, 1.165) is 30.6 Å². The highest BCUT2D eigenvalue weighted by molar-refractivity contribution is 5.94. The molecule has 1 fully saturated rings. The molecule has 4 N–H and O–H groups in total. The molecular weight excluding hydrogens is 254 g/mol. The van der Waals surface area contributed by atoms with Gasteiger partial charge in [0.2, 0.25) is 11.8 Å². The number of amides is 2. The van der Waals surface area contributed by atoms with Gasteiger partial charge < -0.3 is 16.4 Å². The molecule has 1 aromatic rings. The van der Waals surface area contributed by atoms with Crippen LogP contribution in [0.1, 0.15) is 32.6 Å². The lowest BCUT2D eigenvalue weighted by Gasteiger charge is -2.15. The summed E-state index contributed by atoms with van der Waals surface area (Å²) in [7, 11) is 0. The minimum atomic E-state index is -0.0885. The first kappa shape index (κ1) is 14.5. The molecule has 1 aliphatic carbocycles. The first-order valence-corrected chi connectivity index (χ1v) is 7.06. The fourth-order valence-electron chi connectivity index (χ4n) is 2.44. The monoisotopic (exact) mass is 275 g/mol. The maximum atomic E-state index is 12.1. The van der Waals surface area contributed by atoms with Crippen LogP contribution in [0.25, 0.3) is 0 Å². The predicted octanol–water partition coefficient (Wildman–Crippen LogP) is 2.10. The molecule has 0 aliphatic heterocycles. The van der Waals surface area contributed by atoms with E-state index in [-0.39, 0.29) is 23.8 Å². The summed E-state index contributed by atoms with van der Waals surface area (Å²) >= 11 is 0. The fraction of sp³-hybridized carbons (Fsp3) is 0.467. The Morgan fingerprint density at radius 3 is 2.25 bits per heavy atom. The van der Waals surface area contributed by atoms with Gasteiger partial charge in [-0.1, -0.05) is 13.3 Å². The number of carbonyl (C=O) groups is 2. The van der Waals surface area contributed by atoms with Gasteiger partial charge >= 0.3 is 0 Å². The summed E-state index contributed by atoms with van der Waals surface area (Å²) < 4.78 is 0. The minimum absolute atomic E-state index is 0.0136. The molecule has 20 heavy (non-hydrogen) atoms. The lowest BCUT2D eigenvalue weighted by atomic mass is 10.0. The van der Waals surface area contributed by atoms with Crippen molar-refractivity contribution in [2.24, 2.45) is 11.7 Å². The largest absolute Gasteiger partial charge is 0.327 e. The minimum Gasteiger partial charge on any atom is -0.327 e. The Morgan fingerprint density at radius 1 is 1.15 bits per heavy atom. The third-order valence-corrected chi connectivity index (χ3v) is 3.66. The van der Waals surface area contributed by atoms with Gasteiger partial charge in [-0.25, -0.2) is 0 Å². The molecule has 0 heterocycles. The Morgan fingerprint density at radius 2 is 1.75 bits per heavy atom. The van der Waals surface area contributed by atoms with E-state index < -0.39 is 0 Å². The van der Waals surface area contributed by atoms with Crippen LogP contribution in [0.5, 0.6) is 0 Å². The van der Waals surface area contributed by atoms with E-state index in [0.29, 0.717) is 6.42 Å². The lowest BCUT2D eigenvalue weighted by molar-refractivity contribution is -0.120. The van der Waals surface area contributed by atoms with Gasteiger partial charge in [-0.15, -0.1) is 0 Å². The van der Waals surface area contributed by atoms with E-state index in [4.69, 9.17) is 5.73 Å². The molecule has 1 aromatic carbocycles. The van der Waals surface area contributed by atoms with E-state index in [1.54, 1.807) is 31.2 Å². The van der Waals surface area contributed by atoms with Crippen LogP contribution in [0.15, 0.2) is 24.3 Å². The van der Waals surface area contributed by atoms with Gasteiger partial charge in [0.05, 0.1) is 5.92 Å². The number of anilines is 2. The third kappa shape index (κ3) is 3.57. The molecule has 0 spiro atoms. The van der Waals surface area contributed by atoms with Crippen LogP contribution in [0.3, 0.4) is 0 Å². The number of hydrogen-bond acceptors (Lipinski definition) is 3. The zero-order valence-corrected chi connectivity index (χ0v) is 11.7. The maximum Gasteiger partial charge on any atom is 0.229 e. The van der Waals surface area contributed by atoms with Crippen molar-refractivity contribution in [3.63, 3.8) is 0 Å². The van der Waals surface area contributed by atoms with Gasteiger partial charge in [0.25, 0.3) is 0 Å². The zero-order valence-electron chi connectivity index (χ0n) is 11.7. The topological polar surface area (TPSA) is 84.2 Å². The summed E-state index contributed by atoms with van der Waals surface area (Å²) in [4.78, 5) is 23.3. The first-order valence-electron chi connectivity index (χ1n) is 7.06. The van der Waals surface area contributed by atoms with Crippen molar-refractivity contribution >= 4 is 23.2 Å². The van der Waals surface area contributed by atoms with Crippen LogP contribution in [0.4, 0.5) is 11.4 Å². The highest BCUT2D eigenvalue weighted by Gasteiger charge is 2.30. The van der Waals surface area contributed by atoms with Gasteiger partial charge in [-0.2, -0.15) is 0 Å². The van der Waals surface area contributed by atoms with Crippen molar-refractivity contribution in [1.82, 2.24) is 0 Å².